The molecule has 1 aromatic carbocycles. The highest BCUT2D eigenvalue weighted by atomic mass is 32.2. The molecule has 176 valence electrons. The number of methoxy groups -OCH3 is 1. The number of carbonyl (C=O) groups is 1. The fourth-order valence-corrected chi connectivity index (χ4v) is 5.09. The maximum absolute atomic E-state index is 13.1. The van der Waals surface area contributed by atoms with E-state index >= 15 is 0 Å². The summed E-state index contributed by atoms with van der Waals surface area (Å²) < 4.78 is 6.95. The molecule has 0 unspecified atom stereocenters. The predicted octanol–water partition coefficient (Wildman–Crippen LogP) is 3.45. The minimum atomic E-state index is -0.0782. The first-order valence-corrected chi connectivity index (χ1v) is 12.3. The predicted molar refractivity (Wildman–Crippen MR) is 133 cm³/mol. The molecule has 33 heavy (non-hydrogen) atoms. The first-order chi connectivity index (χ1) is 15.9. The molecule has 4 rings (SSSR count). The first-order valence-electron chi connectivity index (χ1n) is 11.3. The highest BCUT2D eigenvalue weighted by molar-refractivity contribution is 7.99. The van der Waals surface area contributed by atoms with Gasteiger partial charge in [-0.2, -0.15) is 0 Å². The minimum Gasteiger partial charge on any atom is -0.497 e. The number of aryl methyl sites for hydroxylation is 1. The average molecular weight is 470 g/mol. The third kappa shape index (κ3) is 4.88. The smallest absolute Gasteiger partial charge is 0.278 e. The van der Waals surface area contributed by atoms with E-state index in [1.54, 1.807) is 11.7 Å². The zero-order valence-electron chi connectivity index (χ0n) is 19.6. The second-order valence-electron chi connectivity index (χ2n) is 8.39. The largest absolute Gasteiger partial charge is 0.497 e. The van der Waals surface area contributed by atoms with Gasteiger partial charge >= 0.3 is 0 Å². The highest BCUT2D eigenvalue weighted by Crippen LogP contribution is 2.24. The van der Waals surface area contributed by atoms with Crippen molar-refractivity contribution in [3.05, 3.63) is 46.4 Å². The van der Waals surface area contributed by atoms with Gasteiger partial charge in [-0.3, -0.25) is 14.2 Å². The van der Waals surface area contributed by atoms with Crippen molar-refractivity contribution < 1.29 is 9.53 Å². The number of aromatic amines is 1. The maximum atomic E-state index is 13.1. The fraction of sp³-hybridized carbons (Fsp3) is 0.458. The summed E-state index contributed by atoms with van der Waals surface area (Å²) in [7, 11) is 1.66. The summed E-state index contributed by atoms with van der Waals surface area (Å²) in [4.78, 5) is 38.1. The number of thioether (sulfide) groups is 1. The lowest BCUT2D eigenvalue weighted by Gasteiger charge is -2.36. The van der Waals surface area contributed by atoms with E-state index in [1.807, 2.05) is 56.0 Å². The van der Waals surface area contributed by atoms with Gasteiger partial charge in [0, 0.05) is 43.6 Å². The lowest BCUT2D eigenvalue weighted by atomic mass is 10.2. The third-order valence-corrected chi connectivity index (χ3v) is 7.15. The number of benzene rings is 1. The van der Waals surface area contributed by atoms with Crippen LogP contribution in [0.2, 0.25) is 0 Å². The van der Waals surface area contributed by atoms with Crippen molar-refractivity contribution in [1.82, 2.24) is 19.4 Å². The average Bonchev–Trinajstić information content (AvgIpc) is 3.23. The van der Waals surface area contributed by atoms with Gasteiger partial charge in [0.05, 0.1) is 18.4 Å². The molecule has 0 saturated carbocycles. The fourth-order valence-electron chi connectivity index (χ4n) is 4.09. The molecule has 1 N–H and O–H groups in total. The van der Waals surface area contributed by atoms with Crippen LogP contribution in [0.3, 0.4) is 0 Å². The van der Waals surface area contributed by atoms with Crippen molar-refractivity contribution in [3.8, 4) is 5.75 Å². The third-order valence-electron chi connectivity index (χ3n) is 6.21. The van der Waals surface area contributed by atoms with Crippen molar-refractivity contribution in [2.45, 2.75) is 38.4 Å². The van der Waals surface area contributed by atoms with Crippen LogP contribution in [-0.4, -0.2) is 64.4 Å². The van der Waals surface area contributed by atoms with Crippen LogP contribution in [0.15, 0.2) is 40.3 Å². The zero-order valence-corrected chi connectivity index (χ0v) is 20.4. The Balaban J connectivity index is 1.42. The molecule has 3 heterocycles. The van der Waals surface area contributed by atoms with Crippen LogP contribution in [-0.2, 0) is 4.79 Å². The standard InChI is InChI=1S/C24H31N5O3S/c1-5-17(3)29-23(31)22-20(14-16(2)25-22)26-24(29)33-15-21(30)28-12-10-27(11-13-28)18-6-8-19(32-4)9-7-18/h6-9,14,17,25H,5,10-13,15H2,1-4H3/t17-/m1/s1. The zero-order chi connectivity index (χ0) is 23.5. The number of piperazine rings is 1. The maximum Gasteiger partial charge on any atom is 0.278 e. The summed E-state index contributed by atoms with van der Waals surface area (Å²) in [5.41, 5.74) is 3.14. The van der Waals surface area contributed by atoms with Gasteiger partial charge in [-0.15, -0.1) is 0 Å². The quantitative estimate of drug-likeness (QED) is 0.422. The molecule has 1 aliphatic rings. The molecule has 3 aromatic rings. The molecule has 1 aliphatic heterocycles. The molecule has 0 radical (unpaired) electrons. The summed E-state index contributed by atoms with van der Waals surface area (Å²) in [5, 5.41) is 0.603. The Morgan fingerprint density at radius 3 is 2.55 bits per heavy atom. The van der Waals surface area contributed by atoms with E-state index in [0.717, 1.165) is 36.6 Å². The van der Waals surface area contributed by atoms with E-state index in [9.17, 15) is 9.59 Å². The molecule has 0 aliphatic carbocycles. The van der Waals surface area contributed by atoms with Gasteiger partial charge in [0.25, 0.3) is 5.56 Å². The van der Waals surface area contributed by atoms with Gasteiger partial charge in [-0.25, -0.2) is 4.98 Å². The number of carbonyl (C=O) groups excluding carboxylic acids is 1. The first kappa shape index (κ1) is 23.2. The van der Waals surface area contributed by atoms with Crippen molar-refractivity contribution in [2.24, 2.45) is 0 Å². The molecule has 1 atom stereocenters. The van der Waals surface area contributed by atoms with Crippen LogP contribution >= 0.6 is 11.8 Å². The van der Waals surface area contributed by atoms with Crippen LogP contribution in [0.4, 0.5) is 5.69 Å². The topological polar surface area (TPSA) is 83.5 Å². The van der Waals surface area contributed by atoms with Crippen LogP contribution in [0.5, 0.6) is 5.75 Å². The number of fused-ring (bicyclic) bond motifs is 1. The van der Waals surface area contributed by atoms with E-state index in [4.69, 9.17) is 9.72 Å². The summed E-state index contributed by atoms with van der Waals surface area (Å²) in [6.07, 6.45) is 0.807. The summed E-state index contributed by atoms with van der Waals surface area (Å²) in [5.74, 6) is 1.17. The van der Waals surface area contributed by atoms with E-state index < -0.39 is 0 Å². The summed E-state index contributed by atoms with van der Waals surface area (Å²) in [6, 6.07) is 9.88. The molecule has 1 saturated heterocycles. The van der Waals surface area contributed by atoms with Gasteiger partial charge in [-0.1, -0.05) is 18.7 Å². The molecule has 8 nitrogen and oxygen atoms in total. The van der Waals surface area contributed by atoms with E-state index in [2.05, 4.69) is 9.88 Å². The monoisotopic (exact) mass is 469 g/mol. The molecule has 1 amide bonds. The normalized spacial score (nSPS) is 15.2. The molecule has 9 heteroatoms. The number of anilines is 1. The Morgan fingerprint density at radius 1 is 1.21 bits per heavy atom. The summed E-state index contributed by atoms with van der Waals surface area (Å²) >= 11 is 1.35. The number of nitrogens with one attached hydrogen (secondary N) is 1. The number of ether oxygens (including phenoxy) is 1. The molecular weight excluding hydrogens is 438 g/mol. The van der Waals surface area contributed by atoms with E-state index in [1.165, 1.54) is 11.8 Å². The van der Waals surface area contributed by atoms with Gasteiger partial charge in [0.2, 0.25) is 5.91 Å². The Bertz CT molecular complexity index is 1180. The minimum absolute atomic E-state index is 0.00338. The SMILES string of the molecule is CC[C@@H](C)n1c(SCC(=O)N2CCN(c3ccc(OC)cc3)CC2)nc2cc(C)[nH]c2c1=O. The summed E-state index contributed by atoms with van der Waals surface area (Å²) in [6.45, 7) is 8.88. The second-order valence-corrected chi connectivity index (χ2v) is 9.34. The number of aromatic nitrogens is 3. The number of nitrogens with zero attached hydrogens (tertiary/aromatic N) is 4. The van der Waals surface area contributed by atoms with E-state index in [0.29, 0.717) is 29.3 Å². The van der Waals surface area contributed by atoms with Crippen LogP contribution in [0.25, 0.3) is 11.0 Å². The molecule has 2 aromatic heterocycles. The van der Waals surface area contributed by atoms with Gasteiger partial charge in [-0.05, 0) is 50.6 Å². The Morgan fingerprint density at radius 2 is 1.91 bits per heavy atom. The van der Waals surface area contributed by atoms with Gasteiger partial charge < -0.3 is 19.5 Å². The molecule has 1 fully saturated rings. The van der Waals surface area contributed by atoms with Crippen LogP contribution in [0, 0.1) is 6.92 Å². The lowest BCUT2D eigenvalue weighted by molar-refractivity contribution is -0.128. The van der Waals surface area contributed by atoms with E-state index in [-0.39, 0.29) is 23.3 Å². The number of hydrogen-bond acceptors (Lipinski definition) is 6. The number of rotatable bonds is 7. The van der Waals surface area contributed by atoms with Gasteiger partial charge in [0.15, 0.2) is 5.16 Å². The molecule has 0 spiro atoms. The van der Waals surface area contributed by atoms with Crippen LogP contribution in [0.1, 0.15) is 32.0 Å². The Kier molecular flexibility index (Phi) is 6.97. The number of hydrogen-bond donors (Lipinski definition) is 1. The molecule has 0 bridgehead atoms. The molecular formula is C24H31N5O3S. The van der Waals surface area contributed by atoms with Crippen molar-refractivity contribution in [2.75, 3.05) is 43.9 Å². The van der Waals surface area contributed by atoms with Gasteiger partial charge in [0.1, 0.15) is 11.3 Å². The second kappa shape index (κ2) is 9.91. The Hall–Kier alpha value is -2.94. The number of amides is 1. The number of H-pyrrole nitrogens is 1. The van der Waals surface area contributed by atoms with Crippen molar-refractivity contribution in [3.63, 3.8) is 0 Å². The van der Waals surface area contributed by atoms with Crippen LogP contribution < -0.4 is 15.2 Å². The lowest BCUT2D eigenvalue weighted by Crippen LogP contribution is -2.49. The van der Waals surface area contributed by atoms with Crippen molar-refractivity contribution >= 4 is 34.4 Å². The van der Waals surface area contributed by atoms with Crippen molar-refractivity contribution in [1.29, 1.82) is 0 Å². The highest BCUT2D eigenvalue weighted by Gasteiger charge is 2.23. The Labute approximate surface area is 197 Å².